The lowest BCUT2D eigenvalue weighted by atomic mass is 10.1. The number of hydrogen-bond donors (Lipinski definition) is 0. The van der Waals surface area contributed by atoms with Crippen molar-refractivity contribution in [2.45, 2.75) is 20.0 Å². The number of para-hydroxylation sites is 2. The first-order valence-electron chi connectivity index (χ1n) is 9.59. The molecule has 1 aliphatic heterocycles. The van der Waals surface area contributed by atoms with Gasteiger partial charge < -0.3 is 18.6 Å². The maximum Gasteiger partial charge on any atom is 0.222 e. The maximum absolute atomic E-state index is 6.37. The van der Waals surface area contributed by atoms with E-state index >= 15 is 0 Å². The zero-order valence-corrected chi connectivity index (χ0v) is 16.1. The molecular formula is C24H20N2O2. The molecule has 6 rings (SSSR count). The summed E-state index contributed by atoms with van der Waals surface area (Å²) in [7, 11) is 2.08. The summed E-state index contributed by atoms with van der Waals surface area (Å²) in [5, 5.41) is 3.42. The molecular weight excluding hydrogens is 348 g/mol. The van der Waals surface area contributed by atoms with Crippen LogP contribution in [0.2, 0.25) is 0 Å². The first-order chi connectivity index (χ1) is 13.6. The Hall–Kier alpha value is -3.40. The molecule has 0 spiro atoms. The molecule has 0 N–H and O–H groups in total. The lowest BCUT2D eigenvalue weighted by Gasteiger charge is -2.29. The molecule has 2 aromatic heterocycles. The van der Waals surface area contributed by atoms with E-state index in [4.69, 9.17) is 8.83 Å². The highest BCUT2D eigenvalue weighted by atomic mass is 16.4. The van der Waals surface area contributed by atoms with Crippen LogP contribution < -0.4 is 9.80 Å². The fourth-order valence-corrected chi connectivity index (χ4v) is 4.49. The molecule has 28 heavy (non-hydrogen) atoms. The molecule has 138 valence electrons. The minimum absolute atomic E-state index is 0.121. The van der Waals surface area contributed by atoms with E-state index < -0.39 is 0 Å². The van der Waals surface area contributed by atoms with Crippen molar-refractivity contribution in [2.75, 3.05) is 16.8 Å². The van der Waals surface area contributed by atoms with Gasteiger partial charge in [0.05, 0.1) is 5.69 Å². The smallest absolute Gasteiger partial charge is 0.222 e. The molecule has 4 heteroatoms. The van der Waals surface area contributed by atoms with Gasteiger partial charge in [-0.3, -0.25) is 0 Å². The molecule has 0 fully saturated rings. The summed E-state index contributed by atoms with van der Waals surface area (Å²) >= 11 is 0. The Kier molecular flexibility index (Phi) is 2.97. The van der Waals surface area contributed by atoms with Gasteiger partial charge in [0.2, 0.25) is 5.88 Å². The second-order valence-electron chi connectivity index (χ2n) is 7.57. The van der Waals surface area contributed by atoms with Gasteiger partial charge in [-0.25, -0.2) is 0 Å². The van der Waals surface area contributed by atoms with Gasteiger partial charge in [-0.1, -0.05) is 42.5 Å². The Morgan fingerprint density at radius 1 is 0.750 bits per heavy atom. The van der Waals surface area contributed by atoms with Crippen LogP contribution in [0.5, 0.6) is 0 Å². The number of fused-ring (bicyclic) bond motifs is 6. The van der Waals surface area contributed by atoms with Crippen molar-refractivity contribution in [1.82, 2.24) is 0 Å². The van der Waals surface area contributed by atoms with Gasteiger partial charge in [0.1, 0.15) is 23.0 Å². The van der Waals surface area contributed by atoms with Crippen molar-refractivity contribution in [2.24, 2.45) is 0 Å². The predicted molar refractivity (Wildman–Crippen MR) is 115 cm³/mol. The van der Waals surface area contributed by atoms with Gasteiger partial charge in [0.15, 0.2) is 5.58 Å². The van der Waals surface area contributed by atoms with Crippen LogP contribution in [0.25, 0.3) is 32.9 Å². The van der Waals surface area contributed by atoms with E-state index in [1.807, 2.05) is 24.3 Å². The van der Waals surface area contributed by atoms with Gasteiger partial charge in [-0.05, 0) is 37.6 Å². The predicted octanol–water partition coefficient (Wildman–Crippen LogP) is 6.57. The molecule has 0 aliphatic carbocycles. The summed E-state index contributed by atoms with van der Waals surface area (Å²) in [5.41, 5.74) is 6.16. The highest BCUT2D eigenvalue weighted by Gasteiger charge is 2.38. The monoisotopic (exact) mass is 368 g/mol. The minimum atomic E-state index is 0.121. The normalized spacial score (nSPS) is 16.6. The first-order valence-corrected chi connectivity index (χ1v) is 9.59. The van der Waals surface area contributed by atoms with Crippen LogP contribution in [0.4, 0.5) is 17.3 Å². The Bertz CT molecular complexity index is 1380. The Balaban J connectivity index is 1.72. The van der Waals surface area contributed by atoms with Gasteiger partial charge in [-0.2, -0.15) is 0 Å². The van der Waals surface area contributed by atoms with Crippen molar-refractivity contribution in [3.05, 3.63) is 66.2 Å². The highest BCUT2D eigenvalue weighted by molar-refractivity contribution is 6.12. The number of aryl methyl sites for hydroxylation is 1. The molecule has 0 unspecified atom stereocenters. The van der Waals surface area contributed by atoms with Crippen molar-refractivity contribution >= 4 is 50.2 Å². The Morgan fingerprint density at radius 3 is 2.21 bits per heavy atom. The third-order valence-electron chi connectivity index (χ3n) is 6.01. The second kappa shape index (κ2) is 5.32. The number of rotatable bonds is 1. The molecule has 0 radical (unpaired) electrons. The number of anilines is 3. The van der Waals surface area contributed by atoms with E-state index in [-0.39, 0.29) is 6.17 Å². The van der Waals surface area contributed by atoms with Crippen LogP contribution >= 0.6 is 0 Å². The number of furan rings is 2. The molecule has 1 aliphatic rings. The van der Waals surface area contributed by atoms with E-state index in [1.165, 1.54) is 5.56 Å². The second-order valence-corrected chi connectivity index (χ2v) is 7.57. The summed E-state index contributed by atoms with van der Waals surface area (Å²) in [6.45, 7) is 4.35. The molecule has 0 saturated heterocycles. The quantitative estimate of drug-likeness (QED) is 0.335. The maximum atomic E-state index is 6.37. The Morgan fingerprint density at radius 2 is 1.43 bits per heavy atom. The van der Waals surface area contributed by atoms with Crippen molar-refractivity contribution in [3.8, 4) is 0 Å². The molecule has 0 amide bonds. The van der Waals surface area contributed by atoms with Crippen LogP contribution in [-0.2, 0) is 0 Å². The number of benzene rings is 3. The van der Waals surface area contributed by atoms with Crippen molar-refractivity contribution in [1.29, 1.82) is 0 Å². The number of nitrogens with zero attached hydrogens (tertiary/aromatic N) is 2. The van der Waals surface area contributed by atoms with E-state index in [2.05, 4.69) is 67.1 Å². The molecule has 0 saturated carbocycles. The standard InChI is InChI=1S/C24H20N2O2/c1-14-12-13-17-16-8-4-6-10-19(16)27-23(17)21(14)26-15(2)25(3)24-22(26)18-9-5-7-11-20(18)28-24/h4-13,15H,1-3H3/t15-/m0/s1. The van der Waals surface area contributed by atoms with Crippen LogP contribution in [0.15, 0.2) is 69.5 Å². The van der Waals surface area contributed by atoms with E-state index in [1.54, 1.807) is 0 Å². The van der Waals surface area contributed by atoms with Gasteiger partial charge in [0.25, 0.3) is 0 Å². The molecule has 1 atom stereocenters. The van der Waals surface area contributed by atoms with E-state index in [0.29, 0.717) is 0 Å². The minimum Gasteiger partial charge on any atom is -0.454 e. The molecule has 5 aromatic rings. The van der Waals surface area contributed by atoms with Crippen LogP contribution in [0, 0.1) is 6.92 Å². The molecule has 3 heterocycles. The fourth-order valence-electron chi connectivity index (χ4n) is 4.49. The van der Waals surface area contributed by atoms with Crippen molar-refractivity contribution < 1.29 is 8.83 Å². The summed E-state index contributed by atoms with van der Waals surface area (Å²) in [5.74, 6) is 0.904. The van der Waals surface area contributed by atoms with Gasteiger partial charge >= 0.3 is 0 Å². The summed E-state index contributed by atoms with van der Waals surface area (Å²) in [6, 6.07) is 20.8. The zero-order chi connectivity index (χ0) is 19.0. The topological polar surface area (TPSA) is 32.8 Å². The fraction of sp³-hybridized carbons (Fsp3) is 0.167. The largest absolute Gasteiger partial charge is 0.454 e. The van der Waals surface area contributed by atoms with Crippen molar-refractivity contribution in [3.63, 3.8) is 0 Å². The molecule has 3 aromatic carbocycles. The highest BCUT2D eigenvalue weighted by Crippen LogP contribution is 2.52. The third-order valence-corrected chi connectivity index (χ3v) is 6.01. The SMILES string of the molecule is Cc1ccc2c(oc3ccccc32)c1N1c2c(oc3ccccc23)N(C)[C@@H]1C. The average Bonchev–Trinajstić information content (AvgIpc) is 3.34. The van der Waals surface area contributed by atoms with Crippen LogP contribution in [-0.4, -0.2) is 13.2 Å². The summed E-state index contributed by atoms with van der Waals surface area (Å²) < 4.78 is 12.6. The van der Waals surface area contributed by atoms with E-state index in [0.717, 1.165) is 50.2 Å². The zero-order valence-electron chi connectivity index (χ0n) is 16.1. The lowest BCUT2D eigenvalue weighted by molar-refractivity contribution is 0.588. The first kappa shape index (κ1) is 15.6. The Labute approximate surface area is 162 Å². The molecule has 0 bridgehead atoms. The average molecular weight is 368 g/mol. The lowest BCUT2D eigenvalue weighted by Crippen LogP contribution is -2.36. The number of hydrogen-bond acceptors (Lipinski definition) is 4. The third kappa shape index (κ3) is 1.84. The van der Waals surface area contributed by atoms with Crippen LogP contribution in [0.1, 0.15) is 12.5 Å². The van der Waals surface area contributed by atoms with Crippen LogP contribution in [0.3, 0.4) is 0 Å². The van der Waals surface area contributed by atoms with Gasteiger partial charge in [-0.15, -0.1) is 0 Å². The summed E-state index contributed by atoms with van der Waals surface area (Å²) in [6.07, 6.45) is 0.121. The van der Waals surface area contributed by atoms with E-state index in [9.17, 15) is 0 Å². The molecule has 4 nitrogen and oxygen atoms in total. The van der Waals surface area contributed by atoms with Gasteiger partial charge in [0, 0.05) is 23.2 Å². The summed E-state index contributed by atoms with van der Waals surface area (Å²) in [4.78, 5) is 4.55.